The standard InChI is InChI=1S/C11H9ClO/c1-3-9-5-4-8(2)6-10(9)7-11(12)13/h1,4-6H,7H2,2H3. The number of terminal acetylenes is 1. The van der Waals surface area contributed by atoms with Crippen molar-refractivity contribution in [2.45, 2.75) is 13.3 Å². The molecule has 0 bridgehead atoms. The van der Waals surface area contributed by atoms with E-state index < -0.39 is 0 Å². The van der Waals surface area contributed by atoms with Crippen LogP contribution in [0.3, 0.4) is 0 Å². The van der Waals surface area contributed by atoms with Gasteiger partial charge in [0.2, 0.25) is 5.24 Å². The topological polar surface area (TPSA) is 17.1 Å². The van der Waals surface area contributed by atoms with Crippen molar-refractivity contribution in [3.8, 4) is 12.3 Å². The van der Waals surface area contributed by atoms with Gasteiger partial charge in [0, 0.05) is 12.0 Å². The number of hydrogen-bond donors (Lipinski definition) is 0. The zero-order valence-corrected chi connectivity index (χ0v) is 8.06. The van der Waals surface area contributed by atoms with Gasteiger partial charge >= 0.3 is 0 Å². The molecule has 13 heavy (non-hydrogen) atoms. The number of halogens is 1. The van der Waals surface area contributed by atoms with E-state index in [9.17, 15) is 4.79 Å². The minimum Gasteiger partial charge on any atom is -0.281 e. The molecule has 0 aliphatic carbocycles. The van der Waals surface area contributed by atoms with Crippen LogP contribution in [-0.4, -0.2) is 5.24 Å². The number of carbonyl (C=O) groups is 1. The molecule has 0 unspecified atom stereocenters. The molecule has 1 rings (SSSR count). The average Bonchev–Trinajstić information content (AvgIpc) is 2.03. The highest BCUT2D eigenvalue weighted by atomic mass is 35.5. The molecule has 1 aromatic rings. The van der Waals surface area contributed by atoms with Crippen LogP contribution in [0.1, 0.15) is 16.7 Å². The summed E-state index contributed by atoms with van der Waals surface area (Å²) < 4.78 is 0. The van der Waals surface area contributed by atoms with Gasteiger partial charge in [-0.3, -0.25) is 4.79 Å². The van der Waals surface area contributed by atoms with Gasteiger partial charge in [-0.2, -0.15) is 0 Å². The predicted octanol–water partition coefficient (Wildman–Crippen LogP) is 2.28. The van der Waals surface area contributed by atoms with Crippen LogP contribution in [-0.2, 0) is 11.2 Å². The van der Waals surface area contributed by atoms with Crippen LogP contribution in [0.25, 0.3) is 0 Å². The van der Waals surface area contributed by atoms with E-state index in [0.717, 1.165) is 16.7 Å². The molecule has 0 radical (unpaired) electrons. The van der Waals surface area contributed by atoms with Gasteiger partial charge in [-0.05, 0) is 30.2 Å². The summed E-state index contributed by atoms with van der Waals surface area (Å²) in [5.74, 6) is 2.52. The van der Waals surface area contributed by atoms with Crippen molar-refractivity contribution in [2.75, 3.05) is 0 Å². The Balaban J connectivity index is 3.10. The lowest BCUT2D eigenvalue weighted by Crippen LogP contribution is -1.97. The monoisotopic (exact) mass is 192 g/mol. The van der Waals surface area contributed by atoms with E-state index in [4.69, 9.17) is 18.0 Å². The Hall–Kier alpha value is -1.26. The molecule has 0 aliphatic heterocycles. The Morgan fingerprint density at radius 3 is 2.85 bits per heavy atom. The molecule has 0 aliphatic rings. The van der Waals surface area contributed by atoms with E-state index in [1.54, 1.807) is 0 Å². The SMILES string of the molecule is C#Cc1ccc(C)cc1CC(=O)Cl. The fourth-order valence-corrected chi connectivity index (χ4v) is 1.30. The van der Waals surface area contributed by atoms with Crippen LogP contribution in [0.5, 0.6) is 0 Å². The minimum atomic E-state index is -0.387. The first-order valence-corrected chi connectivity index (χ1v) is 4.25. The molecule has 0 atom stereocenters. The normalized spacial score (nSPS) is 9.31. The van der Waals surface area contributed by atoms with E-state index in [1.165, 1.54) is 0 Å². The molecule has 0 saturated carbocycles. The lowest BCUT2D eigenvalue weighted by atomic mass is 10.0. The summed E-state index contributed by atoms with van der Waals surface area (Å²) in [5, 5.41) is -0.387. The average molecular weight is 193 g/mol. The summed E-state index contributed by atoms with van der Waals surface area (Å²) in [6.07, 6.45) is 5.47. The second-order valence-corrected chi connectivity index (χ2v) is 3.26. The minimum absolute atomic E-state index is 0.197. The van der Waals surface area contributed by atoms with Crippen LogP contribution >= 0.6 is 11.6 Å². The van der Waals surface area contributed by atoms with Crippen LogP contribution in [0.4, 0.5) is 0 Å². The van der Waals surface area contributed by atoms with E-state index in [0.29, 0.717) is 0 Å². The molecule has 0 amide bonds. The Morgan fingerprint density at radius 2 is 2.31 bits per heavy atom. The number of rotatable bonds is 2. The largest absolute Gasteiger partial charge is 0.281 e. The summed E-state index contributed by atoms with van der Waals surface area (Å²) in [6, 6.07) is 5.62. The first-order chi connectivity index (χ1) is 6.13. The van der Waals surface area contributed by atoms with E-state index in [2.05, 4.69) is 5.92 Å². The Bertz CT molecular complexity index is 374. The molecule has 0 saturated heterocycles. The predicted molar refractivity (Wildman–Crippen MR) is 53.7 cm³/mol. The van der Waals surface area contributed by atoms with Crippen molar-refractivity contribution in [2.24, 2.45) is 0 Å². The molecule has 0 fully saturated rings. The first kappa shape index (κ1) is 9.83. The summed E-state index contributed by atoms with van der Waals surface area (Å²) >= 11 is 5.29. The van der Waals surface area contributed by atoms with Gasteiger partial charge in [0.25, 0.3) is 0 Å². The molecule has 2 heteroatoms. The number of aryl methyl sites for hydroxylation is 1. The van der Waals surface area contributed by atoms with Gasteiger partial charge in [-0.25, -0.2) is 0 Å². The van der Waals surface area contributed by atoms with Crippen LogP contribution in [0, 0.1) is 19.3 Å². The molecule has 1 aromatic carbocycles. The van der Waals surface area contributed by atoms with E-state index in [-0.39, 0.29) is 11.7 Å². The Labute approximate surface area is 82.7 Å². The van der Waals surface area contributed by atoms with Gasteiger partial charge in [0.1, 0.15) is 0 Å². The molecule has 66 valence electrons. The van der Waals surface area contributed by atoms with E-state index >= 15 is 0 Å². The maximum Gasteiger partial charge on any atom is 0.226 e. The second-order valence-electron chi connectivity index (χ2n) is 2.84. The Morgan fingerprint density at radius 1 is 1.62 bits per heavy atom. The van der Waals surface area contributed by atoms with Crippen molar-refractivity contribution in [1.29, 1.82) is 0 Å². The third-order valence-electron chi connectivity index (χ3n) is 1.75. The fraction of sp³-hybridized carbons (Fsp3) is 0.182. The Kier molecular flexibility index (Phi) is 3.11. The first-order valence-electron chi connectivity index (χ1n) is 3.88. The van der Waals surface area contributed by atoms with E-state index in [1.807, 2.05) is 25.1 Å². The molecule has 0 aromatic heterocycles. The maximum absolute atomic E-state index is 10.7. The number of carbonyl (C=O) groups excluding carboxylic acids is 1. The summed E-state index contributed by atoms with van der Waals surface area (Å²) in [5.41, 5.74) is 2.63. The third kappa shape index (κ3) is 2.61. The molecular weight excluding hydrogens is 184 g/mol. The smallest absolute Gasteiger partial charge is 0.226 e. The van der Waals surface area contributed by atoms with Crippen molar-refractivity contribution in [3.63, 3.8) is 0 Å². The zero-order chi connectivity index (χ0) is 9.84. The second kappa shape index (κ2) is 4.11. The van der Waals surface area contributed by atoms with Gasteiger partial charge in [0.15, 0.2) is 0 Å². The van der Waals surface area contributed by atoms with Crippen molar-refractivity contribution in [3.05, 3.63) is 34.9 Å². The molecule has 1 nitrogen and oxygen atoms in total. The van der Waals surface area contributed by atoms with Crippen LogP contribution in [0.2, 0.25) is 0 Å². The zero-order valence-electron chi connectivity index (χ0n) is 7.30. The van der Waals surface area contributed by atoms with Gasteiger partial charge in [-0.1, -0.05) is 23.6 Å². The van der Waals surface area contributed by atoms with Crippen molar-refractivity contribution < 1.29 is 4.79 Å². The molecule has 0 heterocycles. The fourth-order valence-electron chi connectivity index (χ4n) is 1.16. The maximum atomic E-state index is 10.7. The molecular formula is C11H9ClO. The summed E-state index contributed by atoms with van der Waals surface area (Å²) in [7, 11) is 0. The van der Waals surface area contributed by atoms with Gasteiger partial charge < -0.3 is 0 Å². The quantitative estimate of drug-likeness (QED) is 0.519. The van der Waals surface area contributed by atoms with Crippen molar-refractivity contribution >= 4 is 16.8 Å². The highest BCUT2D eigenvalue weighted by molar-refractivity contribution is 6.63. The highest BCUT2D eigenvalue weighted by Gasteiger charge is 2.04. The van der Waals surface area contributed by atoms with Crippen molar-refractivity contribution in [1.82, 2.24) is 0 Å². The third-order valence-corrected chi connectivity index (χ3v) is 1.88. The summed E-state index contributed by atoms with van der Waals surface area (Å²) in [6.45, 7) is 1.95. The van der Waals surface area contributed by atoms with Gasteiger partial charge in [0.05, 0.1) is 0 Å². The van der Waals surface area contributed by atoms with Crippen LogP contribution in [0.15, 0.2) is 18.2 Å². The lowest BCUT2D eigenvalue weighted by molar-refractivity contribution is -0.111. The lowest BCUT2D eigenvalue weighted by Gasteiger charge is -2.02. The van der Waals surface area contributed by atoms with Crippen LogP contribution < -0.4 is 0 Å². The number of hydrogen-bond acceptors (Lipinski definition) is 1. The highest BCUT2D eigenvalue weighted by Crippen LogP contribution is 2.12. The number of benzene rings is 1. The molecule has 0 N–H and O–H groups in total. The van der Waals surface area contributed by atoms with Gasteiger partial charge in [-0.15, -0.1) is 6.42 Å². The molecule has 0 spiro atoms. The summed E-state index contributed by atoms with van der Waals surface area (Å²) in [4.78, 5) is 10.7.